The molecule has 0 aromatic carbocycles. The Labute approximate surface area is 89.2 Å². The third-order valence-electron chi connectivity index (χ3n) is 3.03. The topological polar surface area (TPSA) is 43.8 Å². The van der Waals surface area contributed by atoms with Crippen molar-refractivity contribution < 1.29 is 0 Å². The average Bonchev–Trinajstić information content (AvgIpc) is 2.65. The Bertz CT molecular complexity index is 297. The minimum Gasteiger partial charge on any atom is -0.330 e. The lowest BCUT2D eigenvalue weighted by Crippen LogP contribution is -2.24. The fourth-order valence-corrected chi connectivity index (χ4v) is 2.38. The Morgan fingerprint density at radius 3 is 3.07 bits per heavy atom. The molecule has 0 radical (unpaired) electrons. The average molecular weight is 214 g/mol. The first kappa shape index (κ1) is 9.99. The second kappa shape index (κ2) is 4.32. The van der Waals surface area contributed by atoms with Crippen molar-refractivity contribution in [3.8, 4) is 0 Å². The molecule has 1 aliphatic carbocycles. The van der Waals surface area contributed by atoms with E-state index in [1.807, 2.05) is 10.9 Å². The van der Waals surface area contributed by atoms with Crippen LogP contribution in [0.4, 0.5) is 0 Å². The van der Waals surface area contributed by atoms with Gasteiger partial charge in [-0.1, -0.05) is 18.0 Å². The van der Waals surface area contributed by atoms with Crippen LogP contribution in [0.15, 0.2) is 12.4 Å². The number of aromatic nitrogens is 2. The zero-order chi connectivity index (χ0) is 9.97. The maximum Gasteiger partial charge on any atom is 0.0785 e. The van der Waals surface area contributed by atoms with Gasteiger partial charge in [0.15, 0.2) is 0 Å². The summed E-state index contributed by atoms with van der Waals surface area (Å²) in [6.07, 6.45) is 8.48. The van der Waals surface area contributed by atoms with E-state index < -0.39 is 0 Å². The Balaban J connectivity index is 2.04. The fourth-order valence-electron chi connectivity index (χ4n) is 2.23. The van der Waals surface area contributed by atoms with Crippen molar-refractivity contribution >= 4 is 11.6 Å². The summed E-state index contributed by atoms with van der Waals surface area (Å²) in [6.45, 7) is 0.797. The van der Waals surface area contributed by atoms with Gasteiger partial charge in [-0.2, -0.15) is 5.10 Å². The van der Waals surface area contributed by atoms with Gasteiger partial charge < -0.3 is 5.73 Å². The van der Waals surface area contributed by atoms with Crippen LogP contribution in [0.3, 0.4) is 0 Å². The molecular weight excluding hydrogens is 198 g/mol. The van der Waals surface area contributed by atoms with Crippen LogP contribution < -0.4 is 5.73 Å². The van der Waals surface area contributed by atoms with Crippen LogP contribution >= 0.6 is 11.6 Å². The van der Waals surface area contributed by atoms with E-state index >= 15 is 0 Å². The van der Waals surface area contributed by atoms with Gasteiger partial charge in [0.2, 0.25) is 0 Å². The molecule has 2 N–H and O–H groups in total. The highest BCUT2D eigenvalue weighted by Gasteiger charge is 2.22. The van der Waals surface area contributed by atoms with Crippen LogP contribution in [0.2, 0.25) is 5.02 Å². The normalized spacial score (nSPS) is 27.9. The van der Waals surface area contributed by atoms with Gasteiger partial charge in [0.05, 0.1) is 17.3 Å². The van der Waals surface area contributed by atoms with E-state index in [1.54, 1.807) is 6.20 Å². The van der Waals surface area contributed by atoms with Gasteiger partial charge in [-0.05, 0) is 31.7 Å². The molecule has 1 fully saturated rings. The molecule has 14 heavy (non-hydrogen) atoms. The second-order valence-electron chi connectivity index (χ2n) is 4.06. The first-order chi connectivity index (χ1) is 6.79. The number of hydrogen-bond acceptors (Lipinski definition) is 2. The summed E-state index contributed by atoms with van der Waals surface area (Å²) in [6, 6.07) is 0.504. The van der Waals surface area contributed by atoms with Crippen molar-refractivity contribution in [3.63, 3.8) is 0 Å². The zero-order valence-electron chi connectivity index (χ0n) is 8.19. The van der Waals surface area contributed by atoms with Gasteiger partial charge in [0.1, 0.15) is 0 Å². The maximum absolute atomic E-state index is 5.84. The van der Waals surface area contributed by atoms with Gasteiger partial charge >= 0.3 is 0 Å². The van der Waals surface area contributed by atoms with Crippen molar-refractivity contribution in [1.29, 1.82) is 0 Å². The third kappa shape index (κ3) is 2.10. The molecule has 0 saturated heterocycles. The van der Waals surface area contributed by atoms with E-state index in [4.69, 9.17) is 17.3 Å². The molecule has 78 valence electrons. The highest BCUT2D eigenvalue weighted by atomic mass is 35.5. The molecule has 0 spiro atoms. The van der Waals surface area contributed by atoms with Crippen LogP contribution in [0, 0.1) is 5.92 Å². The van der Waals surface area contributed by atoms with Gasteiger partial charge in [-0.25, -0.2) is 0 Å². The van der Waals surface area contributed by atoms with E-state index in [9.17, 15) is 0 Å². The lowest BCUT2D eigenvalue weighted by molar-refractivity contribution is 0.257. The van der Waals surface area contributed by atoms with Crippen molar-refractivity contribution in [3.05, 3.63) is 17.4 Å². The maximum atomic E-state index is 5.84. The highest BCUT2D eigenvalue weighted by molar-refractivity contribution is 6.30. The van der Waals surface area contributed by atoms with Gasteiger partial charge in [-0.15, -0.1) is 0 Å². The Morgan fingerprint density at radius 1 is 1.57 bits per heavy atom. The second-order valence-corrected chi connectivity index (χ2v) is 4.50. The van der Waals surface area contributed by atoms with Crippen molar-refractivity contribution in [2.24, 2.45) is 11.7 Å². The summed E-state index contributed by atoms with van der Waals surface area (Å²) in [5, 5.41) is 4.97. The quantitative estimate of drug-likeness (QED) is 0.819. The third-order valence-corrected chi connectivity index (χ3v) is 3.23. The number of hydrogen-bond donors (Lipinski definition) is 1. The molecule has 1 saturated carbocycles. The van der Waals surface area contributed by atoms with E-state index in [0.717, 1.165) is 18.0 Å². The van der Waals surface area contributed by atoms with Crippen molar-refractivity contribution in [2.75, 3.05) is 6.54 Å². The molecular formula is C10H16ClN3. The zero-order valence-corrected chi connectivity index (χ0v) is 8.95. The summed E-state index contributed by atoms with van der Waals surface area (Å²) in [4.78, 5) is 0. The summed E-state index contributed by atoms with van der Waals surface area (Å²) < 4.78 is 1.99. The summed E-state index contributed by atoms with van der Waals surface area (Å²) in [5.74, 6) is 0.664. The summed E-state index contributed by atoms with van der Waals surface area (Å²) in [7, 11) is 0. The molecule has 2 rings (SSSR count). The highest BCUT2D eigenvalue weighted by Crippen LogP contribution is 2.31. The molecule has 1 aromatic rings. The predicted molar refractivity (Wildman–Crippen MR) is 57.3 cm³/mol. The minimum absolute atomic E-state index is 0.504. The molecule has 4 heteroatoms. The van der Waals surface area contributed by atoms with E-state index in [1.165, 1.54) is 19.3 Å². The lowest BCUT2D eigenvalue weighted by atomic mass is 9.86. The molecule has 0 bridgehead atoms. The Kier molecular flexibility index (Phi) is 3.08. The molecule has 0 amide bonds. The molecule has 2 unspecified atom stereocenters. The molecule has 0 aliphatic heterocycles. The van der Waals surface area contributed by atoms with E-state index in [2.05, 4.69) is 5.10 Å². The first-order valence-electron chi connectivity index (χ1n) is 5.19. The van der Waals surface area contributed by atoms with Crippen LogP contribution in [-0.2, 0) is 0 Å². The number of halogens is 1. The van der Waals surface area contributed by atoms with Crippen LogP contribution in [-0.4, -0.2) is 16.3 Å². The van der Waals surface area contributed by atoms with Gasteiger partial charge in [0.25, 0.3) is 0 Å². The number of nitrogens with two attached hydrogens (primary N) is 1. The van der Waals surface area contributed by atoms with Crippen molar-refractivity contribution in [1.82, 2.24) is 9.78 Å². The van der Waals surface area contributed by atoms with Crippen LogP contribution in [0.1, 0.15) is 31.7 Å². The van der Waals surface area contributed by atoms with E-state index in [-0.39, 0.29) is 0 Å². The first-order valence-corrected chi connectivity index (χ1v) is 5.57. The Morgan fingerprint density at radius 2 is 2.43 bits per heavy atom. The molecule has 2 atom stereocenters. The lowest BCUT2D eigenvalue weighted by Gasteiger charge is -2.28. The summed E-state index contributed by atoms with van der Waals surface area (Å²) in [5.41, 5.74) is 5.69. The molecule has 1 aliphatic rings. The molecule has 3 nitrogen and oxygen atoms in total. The van der Waals surface area contributed by atoms with Gasteiger partial charge in [-0.3, -0.25) is 4.68 Å². The minimum atomic E-state index is 0.504. The largest absolute Gasteiger partial charge is 0.330 e. The monoisotopic (exact) mass is 213 g/mol. The van der Waals surface area contributed by atoms with Crippen molar-refractivity contribution in [2.45, 2.75) is 31.7 Å². The number of nitrogens with zero attached hydrogens (tertiary/aromatic N) is 2. The smallest absolute Gasteiger partial charge is 0.0785 e. The molecule has 1 heterocycles. The van der Waals surface area contributed by atoms with Gasteiger partial charge in [0, 0.05) is 6.20 Å². The van der Waals surface area contributed by atoms with E-state index in [0.29, 0.717) is 12.0 Å². The Hall–Kier alpha value is -0.540. The van der Waals surface area contributed by atoms with Crippen LogP contribution in [0.5, 0.6) is 0 Å². The standard InChI is InChI=1S/C10H16ClN3/c11-9-6-13-14(7-9)10-3-1-2-8(4-10)5-12/h6-8,10H,1-5,12H2. The molecule has 1 aromatic heterocycles. The predicted octanol–water partition coefficient (Wildman–Crippen LogP) is 2.23. The fraction of sp³-hybridized carbons (Fsp3) is 0.700. The van der Waals surface area contributed by atoms with Crippen LogP contribution in [0.25, 0.3) is 0 Å². The SMILES string of the molecule is NCC1CCCC(n2cc(Cl)cn2)C1. The number of rotatable bonds is 2. The summed E-state index contributed by atoms with van der Waals surface area (Å²) >= 11 is 5.84.